The highest BCUT2D eigenvalue weighted by atomic mass is 35.5. The summed E-state index contributed by atoms with van der Waals surface area (Å²) >= 11 is 12.2. The lowest BCUT2D eigenvalue weighted by atomic mass is 10.2. The number of anilines is 3. The molecular formula is C32H40Cl2N6O9S2. The van der Waals surface area contributed by atoms with Gasteiger partial charge in [-0.15, -0.1) is 0 Å². The number of halogens is 2. The van der Waals surface area contributed by atoms with Gasteiger partial charge >= 0.3 is 0 Å². The maximum atomic E-state index is 13.3. The maximum absolute atomic E-state index is 13.3. The monoisotopic (exact) mass is 786 g/mol. The number of hydrogen-bond donors (Lipinski definition) is 4. The molecule has 3 aromatic carbocycles. The minimum absolute atomic E-state index is 0.00412. The van der Waals surface area contributed by atoms with Crippen LogP contribution < -0.4 is 26.6 Å². The molecule has 5 N–H and O–H groups in total. The number of nitrogens with zero attached hydrogens (tertiary/aromatic N) is 4. The predicted molar refractivity (Wildman–Crippen MR) is 193 cm³/mol. The van der Waals surface area contributed by atoms with Crippen molar-refractivity contribution in [1.82, 2.24) is 18.4 Å². The Hall–Kier alpha value is -3.16. The van der Waals surface area contributed by atoms with E-state index in [9.17, 15) is 36.6 Å². The number of aromatic hydroxyl groups is 2. The van der Waals surface area contributed by atoms with E-state index in [1.807, 2.05) is 0 Å². The first kappa shape index (κ1) is 37.6. The van der Waals surface area contributed by atoms with Crippen LogP contribution in [0.2, 0.25) is 10.0 Å². The molecule has 0 amide bonds. The molecule has 0 aromatic heterocycles. The molecule has 4 heterocycles. The molecule has 278 valence electrons. The second-order valence-electron chi connectivity index (χ2n) is 12.9. The first-order chi connectivity index (χ1) is 24.2. The van der Waals surface area contributed by atoms with Crippen LogP contribution in [0.4, 0.5) is 17.1 Å². The lowest BCUT2D eigenvalue weighted by Gasteiger charge is -2.36. The summed E-state index contributed by atoms with van der Waals surface area (Å²) in [6.07, 6.45) is 4.07. The van der Waals surface area contributed by atoms with Crippen molar-refractivity contribution in [2.24, 2.45) is 0 Å². The van der Waals surface area contributed by atoms with Crippen LogP contribution in [0.5, 0.6) is 17.2 Å². The highest BCUT2D eigenvalue weighted by Gasteiger charge is 2.40. The Labute approximate surface area is 305 Å². The Kier molecular flexibility index (Phi) is 10.8. The molecule has 3 aromatic rings. The summed E-state index contributed by atoms with van der Waals surface area (Å²) in [5.74, 6) is -1.21. The van der Waals surface area contributed by atoms with E-state index in [2.05, 4.69) is 15.1 Å². The van der Waals surface area contributed by atoms with Crippen LogP contribution in [-0.4, -0.2) is 117 Å². The summed E-state index contributed by atoms with van der Waals surface area (Å²) in [5, 5.41) is 23.2. The number of sulfonamides is 2. The number of nitrogens with one attached hydrogen (secondary N) is 1. The first-order valence-corrected chi connectivity index (χ1v) is 20.3. The van der Waals surface area contributed by atoms with Gasteiger partial charge in [0, 0.05) is 51.4 Å². The fourth-order valence-electron chi connectivity index (χ4n) is 7.22. The van der Waals surface area contributed by atoms with Crippen molar-refractivity contribution >= 4 is 60.3 Å². The molecule has 4 aliphatic heterocycles. The summed E-state index contributed by atoms with van der Waals surface area (Å²) in [7, 11) is -7.91. The van der Waals surface area contributed by atoms with Crippen molar-refractivity contribution in [1.29, 1.82) is 0 Å². The number of phenols is 2. The standard InChI is InChI=1S/C19H22ClN3O6S.C13H18ClN3O3S/c1-2-29-18-14(16(25)17(18)26)21-13-6-5-12(20)19(15(13)24)30(27,28)23-9-8-22-7-3-4-11(22)10-23;14-10-3-4-11(15)12(18)13(10)21(19,20)17-7-6-16-5-1-2-9(16)8-17/h5-6,11,21,24H,2-4,7-10H2,1H3;3-4,9,18H,1-2,5-8,15H2. The van der Waals surface area contributed by atoms with E-state index < -0.39 is 47.3 Å². The van der Waals surface area contributed by atoms with Crippen LogP contribution in [0.25, 0.3) is 0 Å². The number of fused-ring (bicyclic) bond motifs is 2. The second-order valence-corrected chi connectivity index (χ2v) is 17.5. The second kappa shape index (κ2) is 14.7. The van der Waals surface area contributed by atoms with E-state index in [4.69, 9.17) is 33.7 Å². The van der Waals surface area contributed by atoms with Crippen LogP contribution in [0.3, 0.4) is 0 Å². The fraction of sp³-hybridized carbons (Fsp3) is 0.500. The SMILES string of the molecule is CCOc1c(Nc2ccc(Cl)c(S(=O)(=O)N3CCN4CCCC4C3)c2O)c(=O)c1=O.Nc1ccc(Cl)c(S(=O)(=O)N2CCN3CCCC3C2)c1O. The zero-order chi connectivity index (χ0) is 36.8. The van der Waals surface area contributed by atoms with Gasteiger partial charge in [0.25, 0.3) is 10.9 Å². The Bertz CT molecular complexity index is 2110. The predicted octanol–water partition coefficient (Wildman–Crippen LogP) is 2.35. The van der Waals surface area contributed by atoms with Crippen LogP contribution in [0, 0.1) is 0 Å². The average Bonchev–Trinajstić information content (AvgIpc) is 3.78. The molecule has 0 bridgehead atoms. The fourth-order valence-corrected chi connectivity index (χ4v) is 11.4. The number of nitrogens with two attached hydrogens (primary N) is 1. The first-order valence-electron chi connectivity index (χ1n) is 16.7. The quantitative estimate of drug-likeness (QED) is 0.147. The largest absolute Gasteiger partial charge is 0.504 e. The van der Waals surface area contributed by atoms with Crippen LogP contribution >= 0.6 is 23.2 Å². The summed E-state index contributed by atoms with van der Waals surface area (Å²) in [6, 6.07) is 5.89. The molecule has 4 aliphatic rings. The molecule has 19 heteroatoms. The molecule has 15 nitrogen and oxygen atoms in total. The van der Waals surface area contributed by atoms with E-state index in [1.165, 1.54) is 32.9 Å². The van der Waals surface area contributed by atoms with Gasteiger partial charge in [0.15, 0.2) is 17.2 Å². The molecule has 0 saturated carbocycles. The normalized spacial score (nSPS) is 21.9. The van der Waals surface area contributed by atoms with E-state index in [0.717, 1.165) is 38.8 Å². The lowest BCUT2D eigenvalue weighted by molar-refractivity contribution is 0.158. The van der Waals surface area contributed by atoms with Gasteiger partial charge in [0.2, 0.25) is 20.0 Å². The number of rotatable bonds is 8. The molecule has 0 radical (unpaired) electrons. The molecule has 2 unspecified atom stereocenters. The van der Waals surface area contributed by atoms with E-state index in [0.29, 0.717) is 39.3 Å². The Morgan fingerprint density at radius 2 is 1.29 bits per heavy atom. The molecule has 7 rings (SSSR count). The number of piperazine rings is 2. The van der Waals surface area contributed by atoms with Gasteiger partial charge in [-0.3, -0.25) is 19.4 Å². The minimum Gasteiger partial charge on any atom is -0.504 e. The van der Waals surface area contributed by atoms with Crippen molar-refractivity contribution in [2.45, 2.75) is 54.5 Å². The van der Waals surface area contributed by atoms with Gasteiger partial charge in [0.1, 0.15) is 15.5 Å². The molecule has 4 saturated heterocycles. The number of hydrogen-bond acceptors (Lipinski definition) is 13. The van der Waals surface area contributed by atoms with Crippen molar-refractivity contribution in [3.63, 3.8) is 0 Å². The van der Waals surface area contributed by atoms with Crippen LogP contribution in [0.1, 0.15) is 32.6 Å². The highest BCUT2D eigenvalue weighted by molar-refractivity contribution is 7.89. The van der Waals surface area contributed by atoms with E-state index in [1.54, 1.807) is 6.92 Å². The van der Waals surface area contributed by atoms with Gasteiger partial charge in [-0.25, -0.2) is 16.8 Å². The molecule has 2 atom stereocenters. The minimum atomic E-state index is -4.07. The zero-order valence-corrected chi connectivity index (χ0v) is 31.0. The number of ether oxygens (including phenoxy) is 1. The van der Waals surface area contributed by atoms with Crippen molar-refractivity contribution < 1.29 is 31.8 Å². The molecule has 0 spiro atoms. The molecule has 51 heavy (non-hydrogen) atoms. The van der Waals surface area contributed by atoms with Gasteiger partial charge < -0.3 is 26.0 Å². The summed E-state index contributed by atoms with van der Waals surface area (Å²) in [5.41, 5.74) is 3.87. The number of nitrogen functional groups attached to an aromatic ring is 1. The van der Waals surface area contributed by atoms with Gasteiger partial charge in [-0.2, -0.15) is 8.61 Å². The van der Waals surface area contributed by atoms with Crippen molar-refractivity contribution in [2.75, 3.05) is 70.0 Å². The smallest absolute Gasteiger partial charge is 0.272 e. The summed E-state index contributed by atoms with van der Waals surface area (Å²) < 4.78 is 60.0. The van der Waals surface area contributed by atoms with E-state index in [-0.39, 0.29) is 56.4 Å². The number of benzene rings is 2. The topological polar surface area (TPSA) is 203 Å². The summed E-state index contributed by atoms with van der Waals surface area (Å²) in [4.78, 5) is 27.4. The van der Waals surface area contributed by atoms with Gasteiger partial charge in [0.05, 0.1) is 28.0 Å². The third-order valence-electron chi connectivity index (χ3n) is 9.91. The summed E-state index contributed by atoms with van der Waals surface area (Å²) in [6.45, 7) is 6.66. The third-order valence-corrected chi connectivity index (χ3v) is 14.6. The Balaban J connectivity index is 0.000000187. The maximum Gasteiger partial charge on any atom is 0.272 e. The van der Waals surface area contributed by atoms with Gasteiger partial charge in [-0.05, 0) is 70.0 Å². The third kappa shape index (κ3) is 7.02. The number of phenolic OH excluding ortho intramolecular Hbond substituents is 2. The van der Waals surface area contributed by atoms with Crippen LogP contribution in [-0.2, 0) is 20.0 Å². The Morgan fingerprint density at radius 1 is 0.784 bits per heavy atom. The molecular weight excluding hydrogens is 747 g/mol. The highest BCUT2D eigenvalue weighted by Crippen LogP contribution is 2.41. The van der Waals surface area contributed by atoms with Gasteiger partial charge in [-0.1, -0.05) is 23.2 Å². The van der Waals surface area contributed by atoms with Crippen molar-refractivity contribution in [3.05, 3.63) is 54.8 Å². The average molecular weight is 788 g/mol. The van der Waals surface area contributed by atoms with Crippen molar-refractivity contribution in [3.8, 4) is 17.2 Å². The van der Waals surface area contributed by atoms with Crippen LogP contribution in [0.15, 0.2) is 43.6 Å². The Morgan fingerprint density at radius 3 is 1.82 bits per heavy atom. The molecule has 0 aliphatic carbocycles. The molecule has 4 fully saturated rings. The zero-order valence-electron chi connectivity index (χ0n) is 27.8. The lowest BCUT2D eigenvalue weighted by Crippen LogP contribution is -2.51. The van der Waals surface area contributed by atoms with E-state index >= 15 is 0 Å².